The molecule has 1 aromatic carbocycles. The molecule has 0 aromatic heterocycles. The lowest BCUT2D eigenvalue weighted by molar-refractivity contribution is -0.385. The number of ether oxygens (including phenoxy) is 3. The van der Waals surface area contributed by atoms with E-state index in [1.165, 1.54) is 20.3 Å². The highest BCUT2D eigenvalue weighted by Crippen LogP contribution is 2.34. The highest BCUT2D eigenvalue weighted by molar-refractivity contribution is 5.99. The molecule has 9 nitrogen and oxygen atoms in total. The molecule has 1 aromatic rings. The van der Waals surface area contributed by atoms with Crippen molar-refractivity contribution in [3.63, 3.8) is 0 Å². The summed E-state index contributed by atoms with van der Waals surface area (Å²) in [5.74, 6) is -0.229. The Morgan fingerprint density at radius 3 is 2.40 bits per heavy atom. The summed E-state index contributed by atoms with van der Waals surface area (Å²) in [6.45, 7) is 4.13. The van der Waals surface area contributed by atoms with Crippen molar-refractivity contribution in [3.8, 4) is 11.5 Å². The predicted octanol–water partition coefficient (Wildman–Crippen LogP) is 1.52. The third-order valence-corrected chi connectivity index (χ3v) is 2.97. The summed E-state index contributed by atoms with van der Waals surface area (Å²) in [6.07, 6.45) is 0. The lowest BCUT2D eigenvalue weighted by Crippen LogP contribution is -2.45. The molecule has 0 unspecified atom stereocenters. The van der Waals surface area contributed by atoms with Crippen LogP contribution < -0.4 is 20.5 Å². The van der Waals surface area contributed by atoms with Gasteiger partial charge in [0.2, 0.25) is 0 Å². The summed E-state index contributed by atoms with van der Waals surface area (Å²) < 4.78 is 15.4. The van der Waals surface area contributed by atoms with Gasteiger partial charge in [-0.1, -0.05) is 0 Å². The number of halogens is 1. The van der Waals surface area contributed by atoms with Crippen LogP contribution in [0.1, 0.15) is 24.2 Å². The summed E-state index contributed by atoms with van der Waals surface area (Å²) in [7, 11) is 2.89. The van der Waals surface area contributed by atoms with E-state index in [1.54, 1.807) is 13.8 Å². The number of nitro benzene ring substituents is 1. The van der Waals surface area contributed by atoms with Gasteiger partial charge in [-0.2, -0.15) is 0 Å². The number of methoxy groups -OCH3 is 2. The highest BCUT2D eigenvalue weighted by atomic mass is 35.5. The van der Waals surface area contributed by atoms with Gasteiger partial charge in [-0.3, -0.25) is 14.9 Å². The molecule has 0 aliphatic carbocycles. The molecule has 0 aliphatic heterocycles. The van der Waals surface area contributed by atoms with Crippen LogP contribution in [-0.4, -0.2) is 50.3 Å². The quantitative estimate of drug-likeness (QED) is 0.379. The van der Waals surface area contributed by atoms with E-state index in [2.05, 4.69) is 5.32 Å². The maximum Gasteiger partial charge on any atom is 0.286 e. The average Bonchev–Trinajstić information content (AvgIpc) is 2.51. The van der Waals surface area contributed by atoms with Gasteiger partial charge in [-0.05, 0) is 13.8 Å². The van der Waals surface area contributed by atoms with Crippen LogP contribution in [0.4, 0.5) is 5.69 Å². The zero-order chi connectivity index (χ0) is 18.3. The van der Waals surface area contributed by atoms with Gasteiger partial charge in [0.05, 0.1) is 24.7 Å². The summed E-state index contributed by atoms with van der Waals surface area (Å²) in [5.41, 5.74) is 4.66. The van der Waals surface area contributed by atoms with Gasteiger partial charge in [0, 0.05) is 25.3 Å². The van der Waals surface area contributed by atoms with E-state index < -0.39 is 16.4 Å². The van der Waals surface area contributed by atoms with Gasteiger partial charge in [0.25, 0.3) is 11.6 Å². The second-order valence-electron chi connectivity index (χ2n) is 5.79. The molecule has 0 atom stereocenters. The summed E-state index contributed by atoms with van der Waals surface area (Å²) >= 11 is 0. The van der Waals surface area contributed by atoms with Crippen LogP contribution in [0.15, 0.2) is 12.1 Å². The van der Waals surface area contributed by atoms with Crippen LogP contribution in [0.25, 0.3) is 0 Å². The molecule has 25 heavy (non-hydrogen) atoms. The van der Waals surface area contributed by atoms with Gasteiger partial charge in [0.1, 0.15) is 12.2 Å². The molecule has 0 heterocycles. The molecule has 0 aliphatic rings. The molecule has 1 rings (SSSR count). The Hall–Kier alpha value is -2.10. The Labute approximate surface area is 152 Å². The van der Waals surface area contributed by atoms with Crippen molar-refractivity contribution in [2.24, 2.45) is 5.73 Å². The van der Waals surface area contributed by atoms with Crippen molar-refractivity contribution < 1.29 is 23.9 Å². The molecule has 0 spiro atoms. The van der Waals surface area contributed by atoms with Crippen molar-refractivity contribution in [1.29, 1.82) is 0 Å². The van der Waals surface area contributed by atoms with Crippen molar-refractivity contribution in [1.82, 2.24) is 5.32 Å². The monoisotopic (exact) mass is 377 g/mol. The van der Waals surface area contributed by atoms with Gasteiger partial charge >= 0.3 is 0 Å². The van der Waals surface area contributed by atoms with E-state index in [4.69, 9.17) is 19.9 Å². The molecular formula is C15H24ClN3O6. The Kier molecular flexibility index (Phi) is 9.18. The number of rotatable bonds is 9. The zero-order valence-corrected chi connectivity index (χ0v) is 15.5. The van der Waals surface area contributed by atoms with Crippen LogP contribution in [0.5, 0.6) is 11.5 Å². The second-order valence-corrected chi connectivity index (χ2v) is 5.79. The SMILES string of the molecule is COCCOc1cc([N+](=O)[O-])c(C(=O)NCC(C)(C)N)cc1OC.Cl. The number of hydrogen-bond donors (Lipinski definition) is 2. The normalized spacial score (nSPS) is 10.6. The van der Waals surface area contributed by atoms with E-state index in [0.717, 1.165) is 6.07 Å². The first-order valence-electron chi connectivity index (χ1n) is 7.25. The lowest BCUT2D eigenvalue weighted by Gasteiger charge is -2.19. The van der Waals surface area contributed by atoms with Crippen LogP contribution in [0.3, 0.4) is 0 Å². The maximum atomic E-state index is 12.3. The minimum absolute atomic E-state index is 0. The smallest absolute Gasteiger partial charge is 0.286 e. The fourth-order valence-electron chi connectivity index (χ4n) is 1.79. The molecule has 0 bridgehead atoms. The lowest BCUT2D eigenvalue weighted by atomic mass is 10.1. The number of hydrogen-bond acceptors (Lipinski definition) is 7. The van der Waals surface area contributed by atoms with E-state index in [-0.39, 0.29) is 48.3 Å². The maximum absolute atomic E-state index is 12.3. The van der Waals surface area contributed by atoms with E-state index >= 15 is 0 Å². The second kappa shape index (κ2) is 10.0. The predicted molar refractivity (Wildman–Crippen MR) is 94.9 cm³/mol. The Morgan fingerprint density at radius 2 is 1.92 bits per heavy atom. The summed E-state index contributed by atoms with van der Waals surface area (Å²) in [6, 6.07) is 2.44. The molecule has 1 amide bonds. The minimum atomic E-state index is -0.648. The molecular weight excluding hydrogens is 354 g/mol. The number of nitrogens with two attached hydrogens (primary N) is 1. The highest BCUT2D eigenvalue weighted by Gasteiger charge is 2.25. The van der Waals surface area contributed by atoms with Crippen LogP contribution in [0, 0.1) is 10.1 Å². The van der Waals surface area contributed by atoms with Crippen LogP contribution in [-0.2, 0) is 4.74 Å². The first-order chi connectivity index (χ1) is 11.2. The van der Waals surface area contributed by atoms with E-state index in [0.29, 0.717) is 6.61 Å². The third-order valence-electron chi connectivity index (χ3n) is 2.97. The fourth-order valence-corrected chi connectivity index (χ4v) is 1.79. The number of nitrogens with one attached hydrogen (secondary N) is 1. The first-order valence-corrected chi connectivity index (χ1v) is 7.25. The Bertz CT molecular complexity index is 604. The zero-order valence-electron chi connectivity index (χ0n) is 14.7. The molecule has 0 radical (unpaired) electrons. The number of nitro groups is 1. The third kappa shape index (κ3) is 7.12. The number of amides is 1. The fraction of sp³-hybridized carbons (Fsp3) is 0.533. The minimum Gasteiger partial charge on any atom is -0.493 e. The number of carbonyl (C=O) groups is 1. The van der Waals surface area contributed by atoms with Crippen LogP contribution in [0.2, 0.25) is 0 Å². The molecule has 3 N–H and O–H groups in total. The van der Waals surface area contributed by atoms with E-state index in [9.17, 15) is 14.9 Å². The van der Waals surface area contributed by atoms with Gasteiger partial charge in [-0.25, -0.2) is 0 Å². The Morgan fingerprint density at radius 1 is 1.28 bits per heavy atom. The molecule has 142 valence electrons. The number of benzene rings is 1. The van der Waals surface area contributed by atoms with Crippen molar-refractivity contribution >= 4 is 24.0 Å². The van der Waals surface area contributed by atoms with Gasteiger partial charge < -0.3 is 25.3 Å². The standard InChI is InChI=1S/C15H23N3O6.ClH/c1-15(2,16)9-17-14(19)10-7-12(23-4)13(24-6-5-22-3)8-11(10)18(20)21;/h7-8H,5-6,9,16H2,1-4H3,(H,17,19);1H. The Balaban J connectivity index is 0.00000576. The number of carbonyl (C=O) groups excluding carboxylic acids is 1. The summed E-state index contributed by atoms with van der Waals surface area (Å²) in [5, 5.41) is 13.9. The molecule has 0 saturated heterocycles. The molecule has 10 heteroatoms. The molecule has 0 saturated carbocycles. The van der Waals surface area contributed by atoms with Gasteiger partial charge in [-0.15, -0.1) is 12.4 Å². The topological polar surface area (TPSA) is 126 Å². The van der Waals surface area contributed by atoms with Gasteiger partial charge in [0.15, 0.2) is 11.5 Å². The van der Waals surface area contributed by atoms with Crippen LogP contribution >= 0.6 is 12.4 Å². The van der Waals surface area contributed by atoms with Crippen molar-refractivity contribution in [2.75, 3.05) is 34.0 Å². The first kappa shape index (κ1) is 22.9. The van der Waals surface area contributed by atoms with Crippen molar-refractivity contribution in [2.45, 2.75) is 19.4 Å². The van der Waals surface area contributed by atoms with Crippen molar-refractivity contribution in [3.05, 3.63) is 27.8 Å². The summed E-state index contributed by atoms with van der Waals surface area (Å²) in [4.78, 5) is 22.9. The van der Waals surface area contributed by atoms with E-state index in [1.807, 2.05) is 0 Å². The average molecular weight is 378 g/mol. The number of nitrogens with zero attached hydrogens (tertiary/aromatic N) is 1. The molecule has 0 fully saturated rings. The largest absolute Gasteiger partial charge is 0.493 e.